The Balaban J connectivity index is 1.40. The van der Waals surface area contributed by atoms with E-state index in [1.807, 2.05) is 42.5 Å². The van der Waals surface area contributed by atoms with Gasteiger partial charge in [-0.25, -0.2) is 9.67 Å². The maximum Gasteiger partial charge on any atom is 0.241 e. The lowest BCUT2D eigenvalue weighted by Crippen LogP contribution is -2.39. The third kappa shape index (κ3) is 3.65. The molecule has 132 valence electrons. The number of hydrogen-bond acceptors (Lipinski definition) is 4. The summed E-state index contributed by atoms with van der Waals surface area (Å²) >= 11 is 0. The van der Waals surface area contributed by atoms with Crippen molar-refractivity contribution in [2.24, 2.45) is 0 Å². The average Bonchev–Trinajstić information content (AvgIpc) is 3.35. The zero-order valence-corrected chi connectivity index (χ0v) is 14.5. The summed E-state index contributed by atoms with van der Waals surface area (Å²) in [6, 6.07) is 17.9. The smallest absolute Gasteiger partial charge is 0.241 e. The highest BCUT2D eigenvalue weighted by atomic mass is 16.2. The van der Waals surface area contributed by atoms with Gasteiger partial charge in [0.05, 0.1) is 11.7 Å². The van der Waals surface area contributed by atoms with Gasteiger partial charge < -0.3 is 5.32 Å². The summed E-state index contributed by atoms with van der Waals surface area (Å²) in [4.78, 5) is 18.9. The number of benzene rings is 2. The van der Waals surface area contributed by atoms with Crippen molar-refractivity contribution in [2.45, 2.75) is 25.4 Å². The highest BCUT2D eigenvalue weighted by Crippen LogP contribution is 2.22. The Bertz CT molecular complexity index is 846. The normalized spacial score (nSPS) is 17.3. The van der Waals surface area contributed by atoms with E-state index in [9.17, 15) is 4.79 Å². The summed E-state index contributed by atoms with van der Waals surface area (Å²) in [5.74, 6) is 0.0620. The Morgan fingerprint density at radius 3 is 2.65 bits per heavy atom. The predicted molar refractivity (Wildman–Crippen MR) is 99.9 cm³/mol. The Morgan fingerprint density at radius 2 is 1.92 bits per heavy atom. The highest BCUT2D eigenvalue weighted by molar-refractivity contribution is 5.95. The van der Waals surface area contributed by atoms with E-state index in [0.29, 0.717) is 0 Å². The van der Waals surface area contributed by atoms with Gasteiger partial charge in [-0.3, -0.25) is 9.69 Å². The lowest BCUT2D eigenvalue weighted by molar-refractivity contribution is -0.120. The summed E-state index contributed by atoms with van der Waals surface area (Å²) < 4.78 is 1.68. The first-order valence-electron chi connectivity index (χ1n) is 8.83. The number of nitrogens with zero attached hydrogens (tertiary/aromatic N) is 4. The molecule has 4 rings (SSSR count). The van der Waals surface area contributed by atoms with Gasteiger partial charge >= 0.3 is 0 Å². The summed E-state index contributed by atoms with van der Waals surface area (Å²) in [6.45, 7) is 1.77. The van der Waals surface area contributed by atoms with E-state index in [0.717, 1.165) is 37.3 Å². The van der Waals surface area contributed by atoms with E-state index in [1.54, 1.807) is 11.0 Å². The van der Waals surface area contributed by atoms with Gasteiger partial charge in [0, 0.05) is 12.2 Å². The first-order chi connectivity index (χ1) is 12.8. The molecule has 6 heteroatoms. The maximum absolute atomic E-state index is 12.7. The van der Waals surface area contributed by atoms with E-state index in [1.165, 1.54) is 11.9 Å². The molecule has 0 bridgehead atoms. The predicted octanol–water partition coefficient (Wildman–Crippen LogP) is 2.87. The topological polar surface area (TPSA) is 63.1 Å². The summed E-state index contributed by atoms with van der Waals surface area (Å²) in [7, 11) is 0. The van der Waals surface area contributed by atoms with Crippen LogP contribution in [0.2, 0.25) is 0 Å². The molecule has 1 atom stereocenters. The minimum Gasteiger partial charge on any atom is -0.325 e. The number of carbonyl (C=O) groups is 1. The number of nitrogens with one attached hydrogen (secondary N) is 1. The van der Waals surface area contributed by atoms with Crippen LogP contribution in [0.25, 0.3) is 5.69 Å². The SMILES string of the molecule is O=C(Nc1ccc(-n2cncn2)cc1)[C@@H]1CCCN1Cc1ccccc1. The molecule has 1 aliphatic rings. The molecule has 1 N–H and O–H groups in total. The van der Waals surface area contributed by atoms with Gasteiger partial charge in [0.15, 0.2) is 0 Å². The third-order valence-electron chi connectivity index (χ3n) is 4.71. The number of amides is 1. The molecule has 26 heavy (non-hydrogen) atoms. The van der Waals surface area contributed by atoms with Gasteiger partial charge in [-0.05, 0) is 49.2 Å². The Labute approximate surface area is 152 Å². The van der Waals surface area contributed by atoms with Crippen LogP contribution in [0.5, 0.6) is 0 Å². The second-order valence-corrected chi connectivity index (χ2v) is 6.49. The van der Waals surface area contributed by atoms with Gasteiger partial charge in [0.2, 0.25) is 5.91 Å². The molecule has 0 unspecified atom stereocenters. The quantitative estimate of drug-likeness (QED) is 0.771. The minimum absolute atomic E-state index is 0.0620. The second kappa shape index (κ2) is 7.49. The number of rotatable bonds is 5. The molecule has 3 aromatic rings. The van der Waals surface area contributed by atoms with Crippen LogP contribution in [0.15, 0.2) is 67.3 Å². The molecule has 1 fully saturated rings. The van der Waals surface area contributed by atoms with Crippen LogP contribution in [0.3, 0.4) is 0 Å². The molecular weight excluding hydrogens is 326 g/mol. The Kier molecular flexibility index (Phi) is 4.75. The molecule has 1 aromatic heterocycles. The minimum atomic E-state index is -0.0785. The van der Waals surface area contributed by atoms with Crippen LogP contribution in [-0.2, 0) is 11.3 Å². The highest BCUT2D eigenvalue weighted by Gasteiger charge is 2.30. The van der Waals surface area contributed by atoms with E-state index >= 15 is 0 Å². The molecule has 1 amide bonds. The van der Waals surface area contributed by atoms with Crippen LogP contribution < -0.4 is 5.32 Å². The van der Waals surface area contributed by atoms with Gasteiger partial charge in [-0.2, -0.15) is 5.10 Å². The fourth-order valence-electron chi connectivity index (χ4n) is 3.39. The van der Waals surface area contributed by atoms with Crippen molar-refractivity contribution < 1.29 is 4.79 Å². The van der Waals surface area contributed by atoms with Gasteiger partial charge in [-0.15, -0.1) is 0 Å². The first-order valence-corrected chi connectivity index (χ1v) is 8.83. The molecule has 2 aromatic carbocycles. The van der Waals surface area contributed by atoms with E-state index in [2.05, 4.69) is 32.4 Å². The number of carbonyl (C=O) groups excluding carboxylic acids is 1. The molecule has 2 heterocycles. The van der Waals surface area contributed by atoms with Crippen LogP contribution in [0.1, 0.15) is 18.4 Å². The third-order valence-corrected chi connectivity index (χ3v) is 4.71. The van der Waals surface area contributed by atoms with E-state index in [-0.39, 0.29) is 11.9 Å². The molecule has 6 nitrogen and oxygen atoms in total. The maximum atomic E-state index is 12.7. The molecular formula is C20H21N5O. The molecule has 0 aliphatic carbocycles. The number of likely N-dealkylation sites (tertiary alicyclic amines) is 1. The monoisotopic (exact) mass is 347 g/mol. The van der Waals surface area contributed by atoms with Crippen molar-refractivity contribution in [2.75, 3.05) is 11.9 Å². The molecule has 1 saturated heterocycles. The second-order valence-electron chi connectivity index (χ2n) is 6.49. The summed E-state index contributed by atoms with van der Waals surface area (Å²) in [5, 5.41) is 7.15. The summed E-state index contributed by atoms with van der Waals surface area (Å²) in [5.41, 5.74) is 2.95. The largest absolute Gasteiger partial charge is 0.325 e. The lowest BCUT2D eigenvalue weighted by atomic mass is 10.1. The fraction of sp³-hybridized carbons (Fsp3) is 0.250. The zero-order valence-electron chi connectivity index (χ0n) is 14.5. The van der Waals surface area contributed by atoms with Crippen molar-refractivity contribution >= 4 is 11.6 Å². The van der Waals surface area contributed by atoms with Crippen LogP contribution in [0.4, 0.5) is 5.69 Å². The molecule has 1 aliphatic heterocycles. The average molecular weight is 347 g/mol. The van der Waals surface area contributed by atoms with Gasteiger partial charge in [-0.1, -0.05) is 30.3 Å². The van der Waals surface area contributed by atoms with Crippen LogP contribution >= 0.6 is 0 Å². The van der Waals surface area contributed by atoms with Crippen LogP contribution in [-0.4, -0.2) is 38.2 Å². The van der Waals surface area contributed by atoms with Crippen molar-refractivity contribution in [3.05, 3.63) is 72.8 Å². The summed E-state index contributed by atoms with van der Waals surface area (Å²) in [6.07, 6.45) is 5.09. The molecule has 0 spiro atoms. The van der Waals surface area contributed by atoms with E-state index < -0.39 is 0 Å². The Morgan fingerprint density at radius 1 is 1.12 bits per heavy atom. The molecule has 0 radical (unpaired) electrons. The zero-order chi connectivity index (χ0) is 17.8. The van der Waals surface area contributed by atoms with E-state index in [4.69, 9.17) is 0 Å². The van der Waals surface area contributed by atoms with Crippen molar-refractivity contribution in [1.29, 1.82) is 0 Å². The molecule has 0 saturated carbocycles. The lowest BCUT2D eigenvalue weighted by Gasteiger charge is -2.23. The van der Waals surface area contributed by atoms with Crippen molar-refractivity contribution in [3.63, 3.8) is 0 Å². The Hall–Kier alpha value is -2.99. The van der Waals surface area contributed by atoms with Crippen molar-refractivity contribution in [3.8, 4) is 5.69 Å². The number of aromatic nitrogens is 3. The first kappa shape index (κ1) is 16.5. The van der Waals surface area contributed by atoms with Crippen LogP contribution in [0, 0.1) is 0 Å². The number of anilines is 1. The van der Waals surface area contributed by atoms with Gasteiger partial charge in [0.25, 0.3) is 0 Å². The standard InChI is InChI=1S/C20H21N5O/c26-20(19-7-4-12-24(19)13-16-5-2-1-3-6-16)23-17-8-10-18(11-9-17)25-15-21-14-22-25/h1-3,5-6,8-11,14-15,19H,4,7,12-13H2,(H,23,26)/t19-/m0/s1. The van der Waals surface area contributed by atoms with Crippen molar-refractivity contribution in [1.82, 2.24) is 19.7 Å². The number of hydrogen-bond donors (Lipinski definition) is 1. The van der Waals surface area contributed by atoms with Gasteiger partial charge in [0.1, 0.15) is 12.7 Å². The fourth-order valence-corrected chi connectivity index (χ4v) is 3.39.